The molecular formula is C20H28N4O4S. The largest absolute Gasteiger partial charge is 0.408 e. The number of aromatic nitrogens is 2. The van der Waals surface area contributed by atoms with Gasteiger partial charge in [0.1, 0.15) is 0 Å². The number of carbonyl (C=O) groups excluding carboxylic acids is 1. The third-order valence-corrected chi connectivity index (χ3v) is 6.33. The van der Waals surface area contributed by atoms with Gasteiger partial charge in [0.05, 0.1) is 4.90 Å². The van der Waals surface area contributed by atoms with Crippen LogP contribution >= 0.6 is 0 Å². The van der Waals surface area contributed by atoms with Crippen molar-refractivity contribution in [1.29, 1.82) is 0 Å². The molecule has 1 amide bonds. The molecule has 9 heteroatoms. The van der Waals surface area contributed by atoms with Gasteiger partial charge in [0.25, 0.3) is 5.91 Å². The van der Waals surface area contributed by atoms with Gasteiger partial charge in [-0.3, -0.25) is 10.1 Å². The van der Waals surface area contributed by atoms with Crippen LogP contribution in [0.3, 0.4) is 0 Å². The Morgan fingerprint density at radius 3 is 2.21 bits per heavy atom. The number of nitrogens with one attached hydrogen (secondary N) is 1. The molecule has 1 heterocycles. The third-order valence-electron chi connectivity index (χ3n) is 4.48. The molecule has 1 N–H and O–H groups in total. The molecule has 8 nitrogen and oxygen atoms in total. The molecular weight excluding hydrogens is 392 g/mol. The Labute approximate surface area is 171 Å². The first-order valence-corrected chi connectivity index (χ1v) is 11.4. The maximum Gasteiger partial charge on any atom is 0.322 e. The number of amides is 1. The standard InChI is InChI=1S/C20H28N4O4S/c1-13(2)11-24(12-14(3)4)29(26,27)17-9-7-15(8-10-17)18(25)21-20-23-22-19(28-20)16-5-6-16/h7-10,13-14,16H,5-6,11-12H2,1-4H3,(H,21,23,25). The highest BCUT2D eigenvalue weighted by atomic mass is 32.2. The fourth-order valence-electron chi connectivity index (χ4n) is 2.96. The first-order valence-electron chi connectivity index (χ1n) is 9.91. The van der Waals surface area contributed by atoms with Gasteiger partial charge in [-0.2, -0.15) is 4.31 Å². The van der Waals surface area contributed by atoms with Crippen LogP contribution in [0.4, 0.5) is 6.01 Å². The molecule has 0 aliphatic heterocycles. The molecule has 1 fully saturated rings. The molecule has 29 heavy (non-hydrogen) atoms. The topological polar surface area (TPSA) is 105 Å². The summed E-state index contributed by atoms with van der Waals surface area (Å²) >= 11 is 0. The molecule has 1 aliphatic rings. The van der Waals surface area contributed by atoms with E-state index in [9.17, 15) is 13.2 Å². The molecule has 1 aromatic carbocycles. The maximum absolute atomic E-state index is 13.0. The van der Waals surface area contributed by atoms with E-state index in [4.69, 9.17) is 4.42 Å². The second kappa shape index (κ2) is 8.62. The van der Waals surface area contributed by atoms with E-state index in [-0.39, 0.29) is 22.7 Å². The van der Waals surface area contributed by atoms with Gasteiger partial charge in [0, 0.05) is 24.6 Å². The summed E-state index contributed by atoms with van der Waals surface area (Å²) in [6.07, 6.45) is 2.05. The Kier molecular flexibility index (Phi) is 6.38. The van der Waals surface area contributed by atoms with Gasteiger partial charge >= 0.3 is 6.01 Å². The number of sulfonamides is 1. The molecule has 0 unspecified atom stereocenters. The van der Waals surface area contributed by atoms with Gasteiger partial charge in [-0.1, -0.05) is 32.8 Å². The number of anilines is 1. The zero-order valence-electron chi connectivity index (χ0n) is 17.3. The first kappa shape index (κ1) is 21.4. The molecule has 2 aromatic rings. The lowest BCUT2D eigenvalue weighted by Crippen LogP contribution is -2.37. The summed E-state index contributed by atoms with van der Waals surface area (Å²) in [7, 11) is -3.63. The van der Waals surface area contributed by atoms with Crippen molar-refractivity contribution in [3.8, 4) is 0 Å². The molecule has 0 bridgehead atoms. The minimum Gasteiger partial charge on any atom is -0.408 e. The summed E-state index contributed by atoms with van der Waals surface area (Å²) in [5.41, 5.74) is 0.314. The van der Waals surface area contributed by atoms with Crippen molar-refractivity contribution in [2.45, 2.75) is 51.3 Å². The molecule has 1 aliphatic carbocycles. The summed E-state index contributed by atoms with van der Waals surface area (Å²) in [6, 6.07) is 5.95. The summed E-state index contributed by atoms with van der Waals surface area (Å²) < 4.78 is 33.0. The van der Waals surface area contributed by atoms with E-state index in [1.165, 1.54) is 28.6 Å². The van der Waals surface area contributed by atoms with Crippen LogP contribution in [0, 0.1) is 11.8 Å². The zero-order valence-corrected chi connectivity index (χ0v) is 18.1. The van der Waals surface area contributed by atoms with E-state index in [1.807, 2.05) is 27.7 Å². The van der Waals surface area contributed by atoms with E-state index in [0.29, 0.717) is 30.5 Å². The van der Waals surface area contributed by atoms with Crippen molar-refractivity contribution < 1.29 is 17.6 Å². The van der Waals surface area contributed by atoms with Gasteiger partial charge in [-0.15, -0.1) is 5.10 Å². The second-order valence-electron chi connectivity index (χ2n) is 8.31. The first-order chi connectivity index (χ1) is 13.7. The predicted octanol–water partition coefficient (Wildman–Crippen LogP) is 3.50. The van der Waals surface area contributed by atoms with Crippen LogP contribution < -0.4 is 5.32 Å². The summed E-state index contributed by atoms with van der Waals surface area (Å²) in [6.45, 7) is 8.85. The average Bonchev–Trinajstić information content (AvgIpc) is 3.40. The van der Waals surface area contributed by atoms with E-state index in [2.05, 4.69) is 15.5 Å². The van der Waals surface area contributed by atoms with Crippen LogP contribution in [0.25, 0.3) is 0 Å². The maximum atomic E-state index is 13.0. The lowest BCUT2D eigenvalue weighted by Gasteiger charge is -2.25. The molecule has 0 spiro atoms. The minimum absolute atomic E-state index is 0.0497. The van der Waals surface area contributed by atoms with Gasteiger partial charge in [-0.05, 0) is 48.9 Å². The van der Waals surface area contributed by atoms with Gasteiger partial charge in [-0.25, -0.2) is 8.42 Å². The number of nitrogens with zero attached hydrogens (tertiary/aromatic N) is 3. The zero-order chi connectivity index (χ0) is 21.2. The van der Waals surface area contributed by atoms with Crippen LogP contribution in [0.1, 0.15) is 62.7 Å². The number of carbonyl (C=O) groups is 1. The molecule has 158 valence electrons. The average molecular weight is 421 g/mol. The predicted molar refractivity (Wildman–Crippen MR) is 109 cm³/mol. The normalized spacial score (nSPS) is 14.7. The van der Waals surface area contributed by atoms with Crippen molar-refractivity contribution >= 4 is 21.9 Å². The Morgan fingerprint density at radius 1 is 1.10 bits per heavy atom. The summed E-state index contributed by atoms with van der Waals surface area (Å²) in [5.74, 6) is 0.836. The van der Waals surface area contributed by atoms with Crippen LogP contribution in [-0.4, -0.2) is 41.9 Å². The van der Waals surface area contributed by atoms with Crippen molar-refractivity contribution in [3.05, 3.63) is 35.7 Å². The smallest absolute Gasteiger partial charge is 0.322 e. The van der Waals surface area contributed by atoms with E-state index >= 15 is 0 Å². The molecule has 1 saturated carbocycles. The lowest BCUT2D eigenvalue weighted by atomic mass is 10.2. The minimum atomic E-state index is -3.63. The Morgan fingerprint density at radius 2 is 1.69 bits per heavy atom. The second-order valence-corrected chi connectivity index (χ2v) is 10.2. The summed E-state index contributed by atoms with van der Waals surface area (Å²) in [5, 5.41) is 10.3. The highest BCUT2D eigenvalue weighted by molar-refractivity contribution is 7.89. The lowest BCUT2D eigenvalue weighted by molar-refractivity contribution is 0.102. The highest BCUT2D eigenvalue weighted by Crippen LogP contribution is 2.39. The fourth-order valence-corrected chi connectivity index (χ4v) is 4.73. The summed E-state index contributed by atoms with van der Waals surface area (Å²) in [4.78, 5) is 12.6. The van der Waals surface area contributed by atoms with Crippen molar-refractivity contribution in [2.75, 3.05) is 18.4 Å². The van der Waals surface area contributed by atoms with Crippen LogP contribution in [0.2, 0.25) is 0 Å². The molecule has 0 saturated heterocycles. The van der Waals surface area contributed by atoms with Crippen LogP contribution in [0.15, 0.2) is 33.6 Å². The van der Waals surface area contributed by atoms with Crippen LogP contribution in [0.5, 0.6) is 0 Å². The van der Waals surface area contributed by atoms with Gasteiger partial charge < -0.3 is 4.42 Å². The Hall–Kier alpha value is -2.26. The van der Waals surface area contributed by atoms with E-state index in [1.54, 1.807) is 0 Å². The van der Waals surface area contributed by atoms with Gasteiger partial charge in [0.2, 0.25) is 15.9 Å². The van der Waals surface area contributed by atoms with E-state index in [0.717, 1.165) is 12.8 Å². The Bertz CT molecular complexity index is 937. The molecule has 3 rings (SSSR count). The number of rotatable bonds is 9. The van der Waals surface area contributed by atoms with E-state index < -0.39 is 15.9 Å². The number of benzene rings is 1. The Balaban J connectivity index is 1.72. The fraction of sp³-hybridized carbons (Fsp3) is 0.550. The molecule has 1 aromatic heterocycles. The van der Waals surface area contributed by atoms with Crippen LogP contribution in [-0.2, 0) is 10.0 Å². The monoisotopic (exact) mass is 420 g/mol. The molecule has 0 atom stereocenters. The quantitative estimate of drug-likeness (QED) is 0.665. The highest BCUT2D eigenvalue weighted by Gasteiger charge is 2.30. The number of hydrogen-bond donors (Lipinski definition) is 1. The third kappa shape index (κ3) is 5.42. The number of hydrogen-bond acceptors (Lipinski definition) is 6. The molecule has 0 radical (unpaired) electrons. The van der Waals surface area contributed by atoms with Gasteiger partial charge in [0.15, 0.2) is 0 Å². The SMILES string of the molecule is CC(C)CN(CC(C)C)S(=O)(=O)c1ccc(C(=O)Nc2nnc(C3CC3)o2)cc1. The van der Waals surface area contributed by atoms with Crippen molar-refractivity contribution in [1.82, 2.24) is 14.5 Å². The van der Waals surface area contributed by atoms with Crippen molar-refractivity contribution in [2.24, 2.45) is 11.8 Å². The van der Waals surface area contributed by atoms with Crippen molar-refractivity contribution in [3.63, 3.8) is 0 Å².